The smallest absolute Gasteiger partial charge is 0.267 e. The van der Waals surface area contributed by atoms with Gasteiger partial charge in [-0.15, -0.1) is 0 Å². The molecule has 3 aromatic rings. The Morgan fingerprint density at radius 1 is 1.20 bits per heavy atom. The average Bonchev–Trinajstić information content (AvgIpc) is 3.22. The number of aryl methyl sites for hydroxylation is 2. The summed E-state index contributed by atoms with van der Waals surface area (Å²) in [6.07, 6.45) is 2.64. The lowest BCUT2D eigenvalue weighted by Crippen LogP contribution is -2.22. The van der Waals surface area contributed by atoms with Gasteiger partial charge in [-0.05, 0) is 32.0 Å². The molecule has 130 valence electrons. The van der Waals surface area contributed by atoms with Gasteiger partial charge >= 0.3 is 0 Å². The van der Waals surface area contributed by atoms with Crippen molar-refractivity contribution in [3.63, 3.8) is 0 Å². The molecule has 2 heterocycles. The number of carbonyl (C=O) groups excluding carboxylic acids is 1. The maximum Gasteiger partial charge on any atom is 0.267 e. The summed E-state index contributed by atoms with van der Waals surface area (Å²) in [5.74, 6) is 0.262. The average molecular weight is 359 g/mol. The zero-order valence-electron chi connectivity index (χ0n) is 13.8. The summed E-state index contributed by atoms with van der Waals surface area (Å²) in [5, 5.41) is 6.45. The summed E-state index contributed by atoms with van der Waals surface area (Å²) in [6, 6.07) is 9.70. The van der Waals surface area contributed by atoms with Gasteiger partial charge in [0.05, 0.1) is 17.0 Å². The Morgan fingerprint density at radius 3 is 2.56 bits per heavy atom. The molecule has 0 bridgehead atoms. The van der Waals surface area contributed by atoms with Gasteiger partial charge in [0.1, 0.15) is 11.5 Å². The molecule has 0 atom stereocenters. The number of hydrogen-bond donors (Lipinski definition) is 1. The normalized spacial score (nSPS) is 11.4. The standard InChI is InChI=1S/C17H17N3O4S/c1-12-3-5-16(6-4-12)25(22,23)20-8-7-14(11-20)17(21)18-10-15-9-13(2)24-19-15/h3-9,11H,10H2,1-2H3,(H,18,21). The van der Waals surface area contributed by atoms with Crippen LogP contribution < -0.4 is 5.32 Å². The van der Waals surface area contributed by atoms with Gasteiger partial charge in [0.15, 0.2) is 0 Å². The first kappa shape index (κ1) is 17.0. The molecular weight excluding hydrogens is 342 g/mol. The van der Waals surface area contributed by atoms with Crippen LogP contribution in [0.3, 0.4) is 0 Å². The highest BCUT2D eigenvalue weighted by Gasteiger charge is 2.18. The Bertz CT molecular complexity index is 1000. The second-order valence-corrected chi connectivity index (χ2v) is 7.50. The minimum absolute atomic E-state index is 0.165. The third-order valence-corrected chi connectivity index (χ3v) is 5.28. The van der Waals surface area contributed by atoms with E-state index in [1.165, 1.54) is 30.6 Å². The molecule has 2 aromatic heterocycles. The third kappa shape index (κ3) is 3.63. The molecule has 0 aliphatic carbocycles. The van der Waals surface area contributed by atoms with Gasteiger partial charge < -0.3 is 9.84 Å². The van der Waals surface area contributed by atoms with Gasteiger partial charge in [0, 0.05) is 18.5 Å². The Hall–Kier alpha value is -2.87. The quantitative estimate of drug-likeness (QED) is 0.754. The minimum atomic E-state index is -3.72. The van der Waals surface area contributed by atoms with Crippen molar-refractivity contribution in [1.29, 1.82) is 0 Å². The van der Waals surface area contributed by atoms with Gasteiger partial charge in [-0.25, -0.2) is 12.4 Å². The number of nitrogens with zero attached hydrogens (tertiary/aromatic N) is 2. The summed E-state index contributed by atoms with van der Waals surface area (Å²) < 4.78 is 31.1. The van der Waals surface area contributed by atoms with E-state index in [1.54, 1.807) is 25.1 Å². The van der Waals surface area contributed by atoms with Gasteiger partial charge in [-0.2, -0.15) is 0 Å². The molecule has 8 heteroatoms. The van der Waals surface area contributed by atoms with E-state index < -0.39 is 15.9 Å². The Labute approximate surface area is 145 Å². The van der Waals surface area contributed by atoms with Crippen LogP contribution in [0.15, 0.2) is 58.2 Å². The van der Waals surface area contributed by atoms with Crippen LogP contribution in [0.2, 0.25) is 0 Å². The number of benzene rings is 1. The summed E-state index contributed by atoms with van der Waals surface area (Å²) >= 11 is 0. The number of nitrogens with one attached hydrogen (secondary N) is 1. The summed E-state index contributed by atoms with van der Waals surface area (Å²) in [4.78, 5) is 12.3. The SMILES string of the molecule is Cc1ccc(S(=O)(=O)n2ccc(C(=O)NCc3cc(C)on3)c2)cc1. The van der Waals surface area contributed by atoms with Crippen LogP contribution in [0.1, 0.15) is 27.4 Å². The lowest BCUT2D eigenvalue weighted by atomic mass is 10.2. The van der Waals surface area contributed by atoms with Crippen molar-refractivity contribution < 1.29 is 17.7 Å². The molecule has 0 aliphatic heterocycles. The van der Waals surface area contributed by atoms with E-state index in [9.17, 15) is 13.2 Å². The van der Waals surface area contributed by atoms with Gasteiger partial charge in [-0.3, -0.25) is 4.79 Å². The van der Waals surface area contributed by atoms with Crippen molar-refractivity contribution in [3.8, 4) is 0 Å². The van der Waals surface area contributed by atoms with Crippen molar-refractivity contribution in [2.24, 2.45) is 0 Å². The second kappa shape index (κ2) is 6.56. The van der Waals surface area contributed by atoms with Gasteiger partial charge in [0.25, 0.3) is 15.9 Å². The van der Waals surface area contributed by atoms with Gasteiger partial charge in [0.2, 0.25) is 0 Å². The number of hydrogen-bond acceptors (Lipinski definition) is 5. The summed E-state index contributed by atoms with van der Waals surface area (Å²) in [7, 11) is -3.72. The predicted molar refractivity (Wildman–Crippen MR) is 90.6 cm³/mol. The minimum Gasteiger partial charge on any atom is -0.361 e. The first-order valence-corrected chi connectivity index (χ1v) is 9.01. The van der Waals surface area contributed by atoms with Gasteiger partial charge in [-0.1, -0.05) is 22.9 Å². The fourth-order valence-electron chi connectivity index (χ4n) is 2.27. The Kier molecular flexibility index (Phi) is 4.45. The summed E-state index contributed by atoms with van der Waals surface area (Å²) in [5.41, 5.74) is 1.81. The first-order valence-electron chi connectivity index (χ1n) is 7.57. The maximum atomic E-state index is 12.6. The van der Waals surface area contributed by atoms with Crippen molar-refractivity contribution in [1.82, 2.24) is 14.4 Å². The number of amides is 1. The van der Waals surface area contributed by atoms with E-state index in [0.29, 0.717) is 11.5 Å². The molecule has 0 unspecified atom stereocenters. The lowest BCUT2D eigenvalue weighted by Gasteiger charge is -2.06. The molecule has 0 spiro atoms. The molecule has 1 N–H and O–H groups in total. The zero-order chi connectivity index (χ0) is 18.0. The number of carbonyl (C=O) groups is 1. The largest absolute Gasteiger partial charge is 0.361 e. The van der Waals surface area contributed by atoms with Crippen LogP contribution in [-0.4, -0.2) is 23.5 Å². The van der Waals surface area contributed by atoms with Crippen molar-refractivity contribution >= 4 is 15.9 Å². The van der Waals surface area contributed by atoms with E-state index in [-0.39, 0.29) is 17.0 Å². The monoisotopic (exact) mass is 359 g/mol. The maximum absolute atomic E-state index is 12.6. The third-order valence-electron chi connectivity index (χ3n) is 3.63. The molecule has 25 heavy (non-hydrogen) atoms. The Balaban J connectivity index is 1.75. The number of aromatic nitrogens is 2. The zero-order valence-corrected chi connectivity index (χ0v) is 14.6. The van der Waals surface area contributed by atoms with E-state index in [0.717, 1.165) is 9.54 Å². The van der Waals surface area contributed by atoms with Crippen LogP contribution in [0.4, 0.5) is 0 Å². The van der Waals surface area contributed by atoms with Crippen LogP contribution in [-0.2, 0) is 16.6 Å². The topological polar surface area (TPSA) is 94.2 Å². The van der Waals surface area contributed by atoms with E-state index in [1.807, 2.05) is 6.92 Å². The van der Waals surface area contributed by atoms with Crippen LogP contribution in [0.25, 0.3) is 0 Å². The summed E-state index contributed by atoms with van der Waals surface area (Å²) in [6.45, 7) is 3.84. The number of rotatable bonds is 5. The first-order chi connectivity index (χ1) is 11.9. The van der Waals surface area contributed by atoms with Crippen molar-refractivity contribution in [3.05, 3.63) is 71.4 Å². The molecular formula is C17H17N3O4S. The molecule has 0 saturated carbocycles. The van der Waals surface area contributed by atoms with Crippen molar-refractivity contribution in [2.75, 3.05) is 0 Å². The fourth-order valence-corrected chi connectivity index (χ4v) is 3.46. The highest BCUT2D eigenvalue weighted by atomic mass is 32.2. The highest BCUT2D eigenvalue weighted by molar-refractivity contribution is 7.90. The molecule has 0 aliphatic rings. The molecule has 0 saturated heterocycles. The van der Waals surface area contributed by atoms with Crippen LogP contribution in [0, 0.1) is 13.8 Å². The highest BCUT2D eigenvalue weighted by Crippen LogP contribution is 2.16. The molecule has 0 fully saturated rings. The van der Waals surface area contributed by atoms with E-state index >= 15 is 0 Å². The fraction of sp³-hybridized carbons (Fsp3) is 0.176. The molecule has 1 amide bonds. The van der Waals surface area contributed by atoms with Crippen molar-refractivity contribution in [2.45, 2.75) is 25.3 Å². The predicted octanol–water partition coefficient (Wildman–Crippen LogP) is 2.26. The van der Waals surface area contributed by atoms with Crippen LogP contribution >= 0.6 is 0 Å². The molecule has 7 nitrogen and oxygen atoms in total. The van der Waals surface area contributed by atoms with Crippen LogP contribution in [0.5, 0.6) is 0 Å². The second-order valence-electron chi connectivity index (χ2n) is 5.66. The van der Waals surface area contributed by atoms with E-state index in [4.69, 9.17) is 4.52 Å². The Morgan fingerprint density at radius 2 is 1.92 bits per heavy atom. The molecule has 1 aromatic carbocycles. The molecule has 0 radical (unpaired) electrons. The lowest BCUT2D eigenvalue weighted by molar-refractivity contribution is 0.0950. The molecule has 3 rings (SSSR count). The van der Waals surface area contributed by atoms with E-state index in [2.05, 4.69) is 10.5 Å².